The lowest BCUT2D eigenvalue weighted by Gasteiger charge is -2.38. The molecule has 4 heterocycles. The quantitative estimate of drug-likeness (QED) is 0.858. The van der Waals surface area contributed by atoms with Gasteiger partial charge in [-0.25, -0.2) is 9.07 Å². The van der Waals surface area contributed by atoms with E-state index >= 15 is 0 Å². The van der Waals surface area contributed by atoms with Crippen molar-refractivity contribution in [3.63, 3.8) is 0 Å². The highest BCUT2D eigenvalue weighted by molar-refractivity contribution is 5.98. The predicted octanol–water partition coefficient (Wildman–Crippen LogP) is 1.08. The Balaban J connectivity index is 1.23. The lowest BCUT2D eigenvalue weighted by atomic mass is 10.1. The number of amides is 2. The van der Waals surface area contributed by atoms with Crippen LogP contribution in [0.3, 0.4) is 0 Å². The second kappa shape index (κ2) is 6.70. The summed E-state index contributed by atoms with van der Waals surface area (Å²) < 4.78 is 15.0. The summed E-state index contributed by atoms with van der Waals surface area (Å²) in [6.07, 6.45) is 5.94. The predicted molar refractivity (Wildman–Crippen MR) is 99.0 cm³/mol. The van der Waals surface area contributed by atoms with E-state index in [-0.39, 0.29) is 35.8 Å². The van der Waals surface area contributed by atoms with E-state index in [9.17, 15) is 14.0 Å². The average molecular weight is 383 g/mol. The molecule has 3 atom stereocenters. The number of rotatable bonds is 4. The molecule has 0 aliphatic carbocycles. The van der Waals surface area contributed by atoms with Gasteiger partial charge in [-0.15, -0.1) is 0 Å². The minimum Gasteiger partial charge on any atom is -0.329 e. The topological polar surface area (TPSA) is 70.5 Å². The first kappa shape index (κ1) is 17.4. The number of carbonyl (C=O) groups excluding carboxylic acids is 2. The van der Waals surface area contributed by atoms with Crippen LogP contribution in [0.25, 0.3) is 5.69 Å². The molecule has 8 heteroatoms. The normalized spacial score (nSPS) is 26.7. The first-order chi connectivity index (χ1) is 13.6. The number of halogens is 1. The Hall–Kier alpha value is -2.74. The third kappa shape index (κ3) is 2.88. The van der Waals surface area contributed by atoms with Crippen LogP contribution in [0.5, 0.6) is 0 Å². The Morgan fingerprint density at radius 1 is 1.18 bits per heavy atom. The Bertz CT molecular complexity index is 899. The summed E-state index contributed by atoms with van der Waals surface area (Å²) in [5.41, 5.74) is 1.63. The van der Waals surface area contributed by atoms with Gasteiger partial charge in [0.15, 0.2) is 0 Å². The van der Waals surface area contributed by atoms with Gasteiger partial charge in [0.2, 0.25) is 11.8 Å². The van der Waals surface area contributed by atoms with Crippen molar-refractivity contribution in [2.75, 3.05) is 13.1 Å². The number of nitrogens with zero attached hydrogens (tertiary/aromatic N) is 4. The Kier molecular flexibility index (Phi) is 4.16. The third-order valence-electron chi connectivity index (χ3n) is 5.99. The molecule has 3 saturated heterocycles. The van der Waals surface area contributed by atoms with Gasteiger partial charge in [0.25, 0.3) is 0 Å². The highest BCUT2D eigenvalue weighted by Gasteiger charge is 2.51. The second-order valence-electron chi connectivity index (χ2n) is 7.78. The van der Waals surface area contributed by atoms with Crippen LogP contribution in [0, 0.1) is 5.82 Å². The van der Waals surface area contributed by atoms with Gasteiger partial charge < -0.3 is 15.1 Å². The van der Waals surface area contributed by atoms with Crippen LogP contribution in [-0.2, 0) is 16.1 Å². The molecule has 0 saturated carbocycles. The van der Waals surface area contributed by atoms with Gasteiger partial charge in [0.1, 0.15) is 17.9 Å². The Morgan fingerprint density at radius 3 is 2.89 bits per heavy atom. The lowest BCUT2D eigenvalue weighted by Crippen LogP contribution is -2.60. The van der Waals surface area contributed by atoms with Gasteiger partial charge in [0, 0.05) is 37.4 Å². The number of nitrogens with one attached hydrogen (secondary N) is 1. The summed E-state index contributed by atoms with van der Waals surface area (Å²) in [6.45, 7) is 1.85. The summed E-state index contributed by atoms with van der Waals surface area (Å²) in [5, 5.41) is 7.74. The van der Waals surface area contributed by atoms with Crippen LogP contribution in [0.15, 0.2) is 36.7 Å². The van der Waals surface area contributed by atoms with Gasteiger partial charge in [0.05, 0.1) is 11.9 Å². The van der Waals surface area contributed by atoms with Crippen molar-refractivity contribution in [1.29, 1.82) is 0 Å². The molecule has 1 N–H and O–H groups in total. The molecule has 2 aromatic rings. The maximum Gasteiger partial charge on any atom is 0.246 e. The van der Waals surface area contributed by atoms with Gasteiger partial charge in [-0.3, -0.25) is 9.59 Å². The molecule has 0 spiro atoms. The number of aromatic nitrogens is 2. The van der Waals surface area contributed by atoms with Crippen LogP contribution in [-0.4, -0.2) is 62.6 Å². The molecule has 0 bridgehead atoms. The van der Waals surface area contributed by atoms with Crippen LogP contribution in [0.1, 0.15) is 24.8 Å². The van der Waals surface area contributed by atoms with Gasteiger partial charge in [-0.1, -0.05) is 6.07 Å². The lowest BCUT2D eigenvalue weighted by molar-refractivity contribution is -0.156. The van der Waals surface area contributed by atoms with Crippen molar-refractivity contribution in [3.05, 3.63) is 48.0 Å². The number of fused-ring (bicyclic) bond motifs is 2. The van der Waals surface area contributed by atoms with Crippen molar-refractivity contribution in [3.8, 4) is 5.69 Å². The Labute approximate surface area is 162 Å². The van der Waals surface area contributed by atoms with E-state index in [0.29, 0.717) is 31.7 Å². The summed E-state index contributed by atoms with van der Waals surface area (Å²) in [6, 6.07) is 5.79. The van der Waals surface area contributed by atoms with Crippen LogP contribution in [0.4, 0.5) is 4.39 Å². The van der Waals surface area contributed by atoms with E-state index in [1.54, 1.807) is 32.8 Å². The van der Waals surface area contributed by atoms with Crippen molar-refractivity contribution in [2.24, 2.45) is 0 Å². The number of hydrogen-bond donors (Lipinski definition) is 1. The third-order valence-corrected chi connectivity index (χ3v) is 5.99. The summed E-state index contributed by atoms with van der Waals surface area (Å²) in [4.78, 5) is 28.9. The van der Waals surface area contributed by atoms with Gasteiger partial charge >= 0.3 is 0 Å². The highest BCUT2D eigenvalue weighted by Crippen LogP contribution is 2.32. The zero-order chi connectivity index (χ0) is 19.3. The maximum atomic E-state index is 13.4. The molecule has 0 radical (unpaired) electrons. The van der Waals surface area contributed by atoms with E-state index < -0.39 is 0 Å². The molecule has 2 amide bonds. The van der Waals surface area contributed by atoms with E-state index in [0.717, 1.165) is 18.4 Å². The highest BCUT2D eigenvalue weighted by atomic mass is 19.1. The summed E-state index contributed by atoms with van der Waals surface area (Å²) in [7, 11) is 0. The van der Waals surface area contributed by atoms with Crippen LogP contribution >= 0.6 is 0 Å². The first-order valence-corrected chi connectivity index (χ1v) is 9.74. The fourth-order valence-corrected chi connectivity index (χ4v) is 4.60. The van der Waals surface area contributed by atoms with E-state index in [1.165, 1.54) is 12.1 Å². The molecule has 0 unspecified atom stereocenters. The molecule has 146 valence electrons. The molecule has 3 aliphatic rings. The van der Waals surface area contributed by atoms with Crippen molar-refractivity contribution in [1.82, 2.24) is 24.9 Å². The van der Waals surface area contributed by atoms with Crippen LogP contribution < -0.4 is 5.32 Å². The SMILES string of the molecule is O=C1[C@@H]2C[C@H](NCc3cnn(-c4cccc(F)c4)c3)CN2C(=O)[C@H]2CCCN12. The van der Waals surface area contributed by atoms with E-state index in [1.807, 2.05) is 6.20 Å². The van der Waals surface area contributed by atoms with Crippen molar-refractivity contribution >= 4 is 11.8 Å². The summed E-state index contributed by atoms with van der Waals surface area (Å²) >= 11 is 0. The van der Waals surface area contributed by atoms with Crippen molar-refractivity contribution in [2.45, 2.75) is 43.9 Å². The zero-order valence-electron chi connectivity index (χ0n) is 15.4. The number of benzene rings is 1. The monoisotopic (exact) mass is 383 g/mol. The molecule has 1 aromatic heterocycles. The standard InChI is InChI=1S/C20H22FN5O2/c21-14-3-1-4-16(7-14)26-11-13(10-23-26)9-22-15-8-18-20(28)24-6-2-5-17(24)19(27)25(18)12-15/h1,3-4,7,10-11,15,17-18,22H,2,5-6,8-9,12H2/t15-,17+,18-/m0/s1. The smallest absolute Gasteiger partial charge is 0.246 e. The molecule has 28 heavy (non-hydrogen) atoms. The van der Waals surface area contributed by atoms with Gasteiger partial charge in [-0.2, -0.15) is 5.10 Å². The first-order valence-electron chi connectivity index (χ1n) is 9.74. The largest absolute Gasteiger partial charge is 0.329 e. The van der Waals surface area contributed by atoms with Crippen LogP contribution in [0.2, 0.25) is 0 Å². The van der Waals surface area contributed by atoms with Gasteiger partial charge in [-0.05, 0) is 37.5 Å². The molecular formula is C20H22FN5O2. The molecule has 3 aliphatic heterocycles. The molecule has 7 nitrogen and oxygen atoms in total. The molecule has 1 aromatic carbocycles. The van der Waals surface area contributed by atoms with Crippen molar-refractivity contribution < 1.29 is 14.0 Å². The van der Waals surface area contributed by atoms with E-state index in [2.05, 4.69) is 10.4 Å². The minimum atomic E-state index is -0.325. The average Bonchev–Trinajstić information content (AvgIpc) is 3.43. The maximum absolute atomic E-state index is 13.4. The van der Waals surface area contributed by atoms with E-state index in [4.69, 9.17) is 0 Å². The number of hydrogen-bond acceptors (Lipinski definition) is 4. The fourth-order valence-electron chi connectivity index (χ4n) is 4.60. The molecule has 5 rings (SSSR count). The minimum absolute atomic E-state index is 0.0791. The number of piperazine rings is 1. The number of carbonyl (C=O) groups is 2. The zero-order valence-corrected chi connectivity index (χ0v) is 15.4. The summed E-state index contributed by atoms with van der Waals surface area (Å²) in [5.74, 6) is -0.0965. The molecular weight excluding hydrogens is 361 g/mol. The second-order valence-corrected chi connectivity index (χ2v) is 7.78. The Morgan fingerprint density at radius 2 is 2.04 bits per heavy atom. The molecule has 3 fully saturated rings. The fraction of sp³-hybridized carbons (Fsp3) is 0.450.